The molecule has 1 aromatic rings. The Bertz CT molecular complexity index is 490. The van der Waals surface area contributed by atoms with Gasteiger partial charge in [0.1, 0.15) is 5.75 Å². The van der Waals surface area contributed by atoms with Gasteiger partial charge >= 0.3 is 0 Å². The molecule has 2 N–H and O–H groups in total. The number of nitrogens with one attached hydrogen (secondary N) is 1. The molecule has 1 atom stereocenters. The van der Waals surface area contributed by atoms with Gasteiger partial charge in [0.25, 0.3) is 5.91 Å². The quantitative estimate of drug-likeness (QED) is 0.813. The van der Waals surface area contributed by atoms with Crippen LogP contribution in [0.3, 0.4) is 0 Å². The number of nitrogens with zero attached hydrogens (tertiary/aromatic N) is 1. The van der Waals surface area contributed by atoms with E-state index in [1.165, 1.54) is 0 Å². The van der Waals surface area contributed by atoms with Gasteiger partial charge in [0.05, 0.1) is 18.2 Å². The number of amides is 1. The summed E-state index contributed by atoms with van der Waals surface area (Å²) in [7, 11) is 1.59. The van der Waals surface area contributed by atoms with Crippen LogP contribution in [0.15, 0.2) is 22.7 Å². The lowest BCUT2D eigenvalue weighted by Crippen LogP contribution is -2.42. The van der Waals surface area contributed by atoms with Crippen LogP contribution in [0.2, 0.25) is 0 Å². The Morgan fingerprint density at radius 2 is 2.38 bits per heavy atom. The normalized spacial score (nSPS) is 17.8. The van der Waals surface area contributed by atoms with Gasteiger partial charge < -0.3 is 20.1 Å². The van der Waals surface area contributed by atoms with Gasteiger partial charge in [0, 0.05) is 24.7 Å². The maximum absolute atomic E-state index is 12.6. The Morgan fingerprint density at radius 3 is 2.95 bits per heavy atom. The molecule has 1 aromatic carbocycles. The molecule has 6 heteroatoms. The summed E-state index contributed by atoms with van der Waals surface area (Å²) < 4.78 is 5.92. The third-order valence-corrected chi connectivity index (χ3v) is 4.28. The Morgan fingerprint density at radius 1 is 1.57 bits per heavy atom. The number of hydrogen-bond acceptors (Lipinski definition) is 4. The van der Waals surface area contributed by atoms with Crippen molar-refractivity contribution in [1.82, 2.24) is 10.2 Å². The van der Waals surface area contributed by atoms with Gasteiger partial charge in [-0.1, -0.05) is 0 Å². The molecule has 2 rings (SSSR count). The average Bonchev–Trinajstić information content (AvgIpc) is 2.99. The van der Waals surface area contributed by atoms with Gasteiger partial charge in [0.15, 0.2) is 0 Å². The Balaban J connectivity index is 2.11. The van der Waals surface area contributed by atoms with Crippen LogP contribution in [0.5, 0.6) is 5.75 Å². The lowest BCUT2D eigenvalue weighted by Gasteiger charge is -2.25. The van der Waals surface area contributed by atoms with Gasteiger partial charge in [-0.25, -0.2) is 0 Å². The summed E-state index contributed by atoms with van der Waals surface area (Å²) in [4.78, 5) is 14.3. The first-order valence-corrected chi connectivity index (χ1v) is 7.92. The van der Waals surface area contributed by atoms with Crippen LogP contribution in [0.1, 0.15) is 23.2 Å². The monoisotopic (exact) mass is 356 g/mol. The minimum atomic E-state index is -0.0684. The smallest absolute Gasteiger partial charge is 0.254 e. The average molecular weight is 357 g/mol. The predicted molar refractivity (Wildman–Crippen MR) is 84.7 cm³/mol. The van der Waals surface area contributed by atoms with Gasteiger partial charge in [0.2, 0.25) is 0 Å². The molecular formula is C15H21BrN2O3. The molecule has 0 saturated carbocycles. The number of benzene rings is 1. The molecule has 1 heterocycles. The molecule has 0 aliphatic carbocycles. The molecule has 21 heavy (non-hydrogen) atoms. The van der Waals surface area contributed by atoms with Crippen molar-refractivity contribution in [1.29, 1.82) is 0 Å². The second-order valence-electron chi connectivity index (χ2n) is 5.12. The fourth-order valence-corrected chi connectivity index (χ4v) is 3.10. The van der Waals surface area contributed by atoms with E-state index in [0.29, 0.717) is 30.4 Å². The van der Waals surface area contributed by atoms with E-state index in [1.54, 1.807) is 30.2 Å². The van der Waals surface area contributed by atoms with E-state index in [4.69, 9.17) is 4.74 Å². The highest BCUT2D eigenvalue weighted by atomic mass is 79.9. The van der Waals surface area contributed by atoms with Gasteiger partial charge in [-0.3, -0.25) is 4.79 Å². The predicted octanol–water partition coefficient (Wildman–Crippen LogP) is 1.64. The molecule has 1 fully saturated rings. The van der Waals surface area contributed by atoms with E-state index < -0.39 is 0 Å². The highest BCUT2D eigenvalue weighted by Crippen LogP contribution is 2.26. The fourth-order valence-electron chi connectivity index (χ4n) is 2.56. The molecule has 5 nitrogen and oxygen atoms in total. The SMILES string of the molecule is COc1ccc(C(=O)N(CCO)CC2CCCN2)cc1Br. The minimum absolute atomic E-state index is 0.0320. The third-order valence-electron chi connectivity index (χ3n) is 3.66. The van der Waals surface area contributed by atoms with E-state index in [0.717, 1.165) is 23.9 Å². The minimum Gasteiger partial charge on any atom is -0.496 e. The van der Waals surface area contributed by atoms with Crippen LogP contribution in [0, 0.1) is 0 Å². The fraction of sp³-hybridized carbons (Fsp3) is 0.533. The summed E-state index contributed by atoms with van der Waals surface area (Å²) in [5.74, 6) is 0.624. The number of halogens is 1. The van der Waals surface area contributed by atoms with Crippen molar-refractivity contribution in [2.45, 2.75) is 18.9 Å². The summed E-state index contributed by atoms with van der Waals surface area (Å²) in [6, 6.07) is 5.59. The molecule has 1 aliphatic heterocycles. The summed E-state index contributed by atoms with van der Waals surface area (Å²) in [6.45, 7) is 1.94. The van der Waals surface area contributed by atoms with Crippen molar-refractivity contribution < 1.29 is 14.6 Å². The van der Waals surface area contributed by atoms with Crippen LogP contribution in [-0.4, -0.2) is 55.3 Å². The topological polar surface area (TPSA) is 61.8 Å². The van der Waals surface area contributed by atoms with Gasteiger partial charge in [-0.15, -0.1) is 0 Å². The van der Waals surface area contributed by atoms with Crippen molar-refractivity contribution in [2.24, 2.45) is 0 Å². The van der Waals surface area contributed by atoms with Gasteiger partial charge in [-0.2, -0.15) is 0 Å². The Hall–Kier alpha value is -1.11. The highest BCUT2D eigenvalue weighted by Gasteiger charge is 2.22. The van der Waals surface area contributed by atoms with E-state index in [9.17, 15) is 9.90 Å². The molecule has 0 aromatic heterocycles. The zero-order chi connectivity index (χ0) is 15.2. The molecule has 1 saturated heterocycles. The molecule has 1 unspecified atom stereocenters. The number of hydrogen-bond donors (Lipinski definition) is 2. The standard InChI is InChI=1S/C15H21BrN2O3/c1-21-14-5-4-11(9-13(14)16)15(20)18(7-8-19)10-12-3-2-6-17-12/h4-5,9,12,17,19H,2-3,6-8,10H2,1H3. The first-order valence-electron chi connectivity index (χ1n) is 7.12. The highest BCUT2D eigenvalue weighted by molar-refractivity contribution is 9.10. The van der Waals surface area contributed by atoms with Crippen molar-refractivity contribution in [3.05, 3.63) is 28.2 Å². The van der Waals surface area contributed by atoms with Crippen molar-refractivity contribution >= 4 is 21.8 Å². The number of methoxy groups -OCH3 is 1. The molecule has 0 bridgehead atoms. The first kappa shape index (κ1) is 16.3. The number of rotatable bonds is 6. The van der Waals surface area contributed by atoms with E-state index in [2.05, 4.69) is 21.2 Å². The van der Waals surface area contributed by atoms with Crippen LogP contribution in [0.4, 0.5) is 0 Å². The second kappa shape index (κ2) is 7.77. The molecule has 1 aliphatic rings. The zero-order valence-electron chi connectivity index (χ0n) is 12.1. The third kappa shape index (κ3) is 4.18. The lowest BCUT2D eigenvalue weighted by molar-refractivity contribution is 0.0706. The first-order chi connectivity index (χ1) is 10.2. The van der Waals surface area contributed by atoms with E-state index >= 15 is 0 Å². The maximum Gasteiger partial charge on any atom is 0.254 e. The van der Waals surface area contributed by atoms with Crippen LogP contribution >= 0.6 is 15.9 Å². The van der Waals surface area contributed by atoms with Crippen molar-refractivity contribution in [3.63, 3.8) is 0 Å². The molecule has 0 spiro atoms. The zero-order valence-corrected chi connectivity index (χ0v) is 13.7. The number of ether oxygens (including phenoxy) is 1. The number of carbonyl (C=O) groups is 1. The molecule has 116 valence electrons. The van der Waals surface area contributed by atoms with Crippen LogP contribution < -0.4 is 10.1 Å². The van der Waals surface area contributed by atoms with E-state index in [1.807, 2.05) is 0 Å². The summed E-state index contributed by atoms with van der Waals surface area (Å²) in [5.41, 5.74) is 0.592. The van der Waals surface area contributed by atoms with Crippen molar-refractivity contribution in [3.8, 4) is 5.75 Å². The Kier molecular flexibility index (Phi) is 6.02. The van der Waals surface area contributed by atoms with E-state index in [-0.39, 0.29) is 12.5 Å². The Labute approximate surface area is 133 Å². The molecule has 0 radical (unpaired) electrons. The summed E-state index contributed by atoms with van der Waals surface area (Å²) >= 11 is 3.39. The van der Waals surface area contributed by atoms with Gasteiger partial charge in [-0.05, 0) is 53.5 Å². The number of carbonyl (C=O) groups excluding carboxylic acids is 1. The second-order valence-corrected chi connectivity index (χ2v) is 5.97. The van der Waals surface area contributed by atoms with Crippen molar-refractivity contribution in [2.75, 3.05) is 33.4 Å². The number of aliphatic hydroxyl groups is 1. The van der Waals surface area contributed by atoms with Crippen LogP contribution in [-0.2, 0) is 0 Å². The summed E-state index contributed by atoms with van der Waals surface area (Å²) in [6.07, 6.45) is 2.21. The molecular weight excluding hydrogens is 336 g/mol. The maximum atomic E-state index is 12.6. The summed E-state index contributed by atoms with van der Waals surface area (Å²) in [5, 5.41) is 12.6. The molecule has 1 amide bonds. The van der Waals surface area contributed by atoms with Crippen LogP contribution in [0.25, 0.3) is 0 Å². The largest absolute Gasteiger partial charge is 0.496 e. The number of aliphatic hydroxyl groups excluding tert-OH is 1. The lowest BCUT2D eigenvalue weighted by atomic mass is 10.1.